The van der Waals surface area contributed by atoms with E-state index >= 15 is 0 Å². The summed E-state index contributed by atoms with van der Waals surface area (Å²) in [5, 5.41) is 56.5. The van der Waals surface area contributed by atoms with Gasteiger partial charge >= 0.3 is 0 Å². The summed E-state index contributed by atoms with van der Waals surface area (Å²) in [6, 6.07) is 13.3. The van der Waals surface area contributed by atoms with Crippen LogP contribution in [0.5, 0.6) is 0 Å². The molecule has 7 N–H and O–H groups in total. The van der Waals surface area contributed by atoms with Crippen LogP contribution in [0.15, 0.2) is 48.5 Å². The number of fused-ring (bicyclic) bond motifs is 2. The Bertz CT molecular complexity index is 964. The zero-order chi connectivity index (χ0) is 24.4. The zero-order valence-electron chi connectivity index (χ0n) is 18.5. The summed E-state index contributed by atoms with van der Waals surface area (Å²) < 4.78 is 0. The molecule has 0 radical (unpaired) electrons. The molecule has 2 aromatic carbocycles. The van der Waals surface area contributed by atoms with E-state index in [0.29, 0.717) is 12.8 Å². The highest BCUT2D eigenvalue weighted by molar-refractivity contribution is 5.82. The van der Waals surface area contributed by atoms with Crippen molar-refractivity contribution in [2.24, 2.45) is 0 Å². The predicted octanol–water partition coefficient (Wildman–Crippen LogP) is -0.602. The minimum atomic E-state index is -1.59. The third-order valence-electron chi connectivity index (χ3n) is 6.60. The molecule has 9 nitrogen and oxygen atoms in total. The van der Waals surface area contributed by atoms with Crippen molar-refractivity contribution < 1.29 is 35.1 Å². The van der Waals surface area contributed by atoms with E-state index in [1.807, 2.05) is 24.3 Å². The van der Waals surface area contributed by atoms with E-state index in [0.717, 1.165) is 22.3 Å². The van der Waals surface area contributed by atoms with Crippen molar-refractivity contribution >= 4 is 11.8 Å². The molecule has 2 aromatic rings. The van der Waals surface area contributed by atoms with Gasteiger partial charge in [0, 0.05) is 25.7 Å². The Kier molecular flexibility index (Phi) is 7.30. The molecule has 0 aliphatic heterocycles. The molecular weight excluding hydrogens is 440 g/mol. The average molecular weight is 471 g/mol. The first-order valence-corrected chi connectivity index (χ1v) is 11.4. The van der Waals surface area contributed by atoms with Gasteiger partial charge in [-0.3, -0.25) is 9.59 Å². The lowest BCUT2D eigenvalue weighted by Crippen LogP contribution is -2.43. The lowest BCUT2D eigenvalue weighted by Gasteiger charge is -2.23. The molecule has 2 aliphatic carbocycles. The van der Waals surface area contributed by atoms with E-state index in [9.17, 15) is 35.1 Å². The molecule has 0 heterocycles. The first kappa shape index (κ1) is 24.3. The highest BCUT2D eigenvalue weighted by Gasteiger charge is 2.35. The van der Waals surface area contributed by atoms with E-state index in [2.05, 4.69) is 10.6 Å². The molecule has 6 atom stereocenters. The summed E-state index contributed by atoms with van der Waals surface area (Å²) in [7, 11) is 0. The molecule has 9 heteroatoms. The van der Waals surface area contributed by atoms with E-state index in [1.54, 1.807) is 24.3 Å². The fraction of sp³-hybridized carbons (Fsp3) is 0.440. The second-order valence-electron chi connectivity index (χ2n) is 9.07. The van der Waals surface area contributed by atoms with Gasteiger partial charge in [-0.2, -0.15) is 0 Å². The Labute approximate surface area is 197 Å². The maximum absolute atomic E-state index is 12.4. The van der Waals surface area contributed by atoms with Gasteiger partial charge in [-0.25, -0.2) is 0 Å². The van der Waals surface area contributed by atoms with Gasteiger partial charge in [0.2, 0.25) is 11.8 Å². The molecule has 0 saturated carbocycles. The molecule has 0 aromatic heterocycles. The second kappa shape index (κ2) is 10.2. The maximum atomic E-state index is 12.4. The van der Waals surface area contributed by atoms with Crippen LogP contribution in [0.3, 0.4) is 0 Å². The number of nitrogens with one attached hydrogen (secondary N) is 2. The second-order valence-corrected chi connectivity index (χ2v) is 9.07. The highest BCUT2D eigenvalue weighted by Crippen LogP contribution is 2.32. The normalized spacial score (nSPS) is 24.9. The fourth-order valence-corrected chi connectivity index (χ4v) is 4.82. The van der Waals surface area contributed by atoms with Crippen molar-refractivity contribution in [3.63, 3.8) is 0 Å². The largest absolute Gasteiger partial charge is 0.393 e. The van der Waals surface area contributed by atoms with Gasteiger partial charge < -0.3 is 36.2 Å². The summed E-state index contributed by atoms with van der Waals surface area (Å²) in [4.78, 5) is 24.9. The fourth-order valence-electron chi connectivity index (χ4n) is 4.82. The molecule has 0 bridgehead atoms. The van der Waals surface area contributed by atoms with E-state index in [-0.39, 0.29) is 0 Å². The van der Waals surface area contributed by atoms with Crippen LogP contribution in [0, 0.1) is 0 Å². The minimum Gasteiger partial charge on any atom is -0.393 e. The Morgan fingerprint density at radius 1 is 0.735 bits per heavy atom. The summed E-state index contributed by atoms with van der Waals surface area (Å²) in [6.07, 6.45) is -6.15. The first-order chi connectivity index (χ1) is 16.2. The van der Waals surface area contributed by atoms with Gasteiger partial charge in [0.15, 0.2) is 0 Å². The van der Waals surface area contributed by atoms with Crippen molar-refractivity contribution in [3.8, 4) is 0 Å². The van der Waals surface area contributed by atoms with E-state index in [1.165, 1.54) is 0 Å². The number of amides is 2. The van der Waals surface area contributed by atoms with E-state index < -0.39 is 67.3 Å². The number of benzene rings is 2. The van der Waals surface area contributed by atoms with Crippen LogP contribution in [0.25, 0.3) is 0 Å². The Balaban J connectivity index is 1.27. The van der Waals surface area contributed by atoms with Crippen LogP contribution < -0.4 is 10.6 Å². The summed E-state index contributed by atoms with van der Waals surface area (Å²) in [5.74, 6) is -1.52. The molecule has 2 aliphatic rings. The van der Waals surface area contributed by atoms with Crippen LogP contribution in [-0.4, -0.2) is 67.9 Å². The topological polar surface area (TPSA) is 159 Å². The van der Waals surface area contributed by atoms with Crippen molar-refractivity contribution in [3.05, 3.63) is 70.8 Å². The molecule has 34 heavy (non-hydrogen) atoms. The number of aliphatic hydroxyl groups is 5. The average Bonchev–Trinajstić information content (AvgIpc) is 3.29. The highest BCUT2D eigenvalue weighted by atomic mass is 16.3. The first-order valence-electron chi connectivity index (χ1n) is 11.4. The molecule has 0 spiro atoms. The maximum Gasteiger partial charge on any atom is 0.249 e. The van der Waals surface area contributed by atoms with Crippen molar-refractivity contribution in [2.45, 2.75) is 68.3 Å². The molecule has 0 fully saturated rings. The van der Waals surface area contributed by atoms with Gasteiger partial charge in [0.25, 0.3) is 0 Å². The summed E-state index contributed by atoms with van der Waals surface area (Å²) in [5.41, 5.74) is 3.38. The summed E-state index contributed by atoms with van der Waals surface area (Å²) in [6.45, 7) is 0. The summed E-state index contributed by atoms with van der Waals surface area (Å²) >= 11 is 0. The lowest BCUT2D eigenvalue weighted by molar-refractivity contribution is -0.134. The monoisotopic (exact) mass is 470 g/mol. The molecule has 182 valence electrons. The van der Waals surface area contributed by atoms with Gasteiger partial charge in [0.05, 0.1) is 30.4 Å². The lowest BCUT2D eigenvalue weighted by atomic mass is 10.0. The number of hydrogen-bond acceptors (Lipinski definition) is 7. The number of hydrogen-bond donors (Lipinski definition) is 7. The van der Waals surface area contributed by atoms with Crippen molar-refractivity contribution in [1.82, 2.24) is 10.6 Å². The predicted molar refractivity (Wildman–Crippen MR) is 121 cm³/mol. The van der Waals surface area contributed by atoms with Crippen LogP contribution in [0.4, 0.5) is 0 Å². The van der Waals surface area contributed by atoms with Gasteiger partial charge in [-0.05, 0) is 22.3 Å². The SMILES string of the molecule is O=C(N[C@H]1c2ccccc2C[C@H]1O)[C@H](O)CC(O)C[C@@H](O)C(=O)N[C@H]1c2ccccc2C[C@H]1O. The molecule has 0 saturated heterocycles. The number of aliphatic hydroxyl groups excluding tert-OH is 5. The molecule has 4 rings (SSSR count). The van der Waals surface area contributed by atoms with Gasteiger partial charge in [-0.1, -0.05) is 48.5 Å². The Hall–Kier alpha value is -2.82. The van der Waals surface area contributed by atoms with Crippen LogP contribution in [0.1, 0.15) is 47.2 Å². The van der Waals surface area contributed by atoms with E-state index in [4.69, 9.17) is 0 Å². The number of carbonyl (C=O) groups excluding carboxylic acids is 2. The Morgan fingerprint density at radius 3 is 1.53 bits per heavy atom. The number of rotatable bonds is 8. The van der Waals surface area contributed by atoms with Crippen LogP contribution in [-0.2, 0) is 22.4 Å². The van der Waals surface area contributed by atoms with Crippen LogP contribution >= 0.6 is 0 Å². The Morgan fingerprint density at radius 2 is 1.12 bits per heavy atom. The quantitative estimate of drug-likeness (QED) is 0.271. The molecule has 0 unspecified atom stereocenters. The standard InChI is InChI=1S/C25H30N2O7/c28-15(11-20(31)24(33)26-22-16-7-3-1-5-13(16)9-18(22)29)12-21(32)25(34)27-23-17-8-4-2-6-14(17)10-19(23)30/h1-8,15,18-23,28-32H,9-12H2,(H,26,33)(H,27,34)/t18-,19-,20-,21-,22+,23+/m1/s1. The zero-order valence-corrected chi connectivity index (χ0v) is 18.5. The smallest absolute Gasteiger partial charge is 0.249 e. The van der Waals surface area contributed by atoms with Crippen molar-refractivity contribution in [2.75, 3.05) is 0 Å². The third-order valence-corrected chi connectivity index (χ3v) is 6.60. The van der Waals surface area contributed by atoms with Gasteiger partial charge in [0.1, 0.15) is 12.2 Å². The van der Waals surface area contributed by atoms with Crippen LogP contribution in [0.2, 0.25) is 0 Å². The third kappa shape index (κ3) is 5.13. The number of carbonyl (C=O) groups is 2. The molecule has 2 amide bonds. The molecular formula is C25H30N2O7. The van der Waals surface area contributed by atoms with Crippen molar-refractivity contribution in [1.29, 1.82) is 0 Å². The minimum absolute atomic E-state index is 0.390. The van der Waals surface area contributed by atoms with Gasteiger partial charge in [-0.15, -0.1) is 0 Å².